The molecule has 0 bridgehead atoms. The summed E-state index contributed by atoms with van der Waals surface area (Å²) in [5.74, 6) is 0.483. The summed E-state index contributed by atoms with van der Waals surface area (Å²) in [7, 11) is 0. The van der Waals surface area contributed by atoms with Crippen LogP contribution >= 0.6 is 35.0 Å². The summed E-state index contributed by atoms with van der Waals surface area (Å²) < 4.78 is 5.77. The Balaban J connectivity index is 1.60. The monoisotopic (exact) mass is 449 g/mol. The zero-order chi connectivity index (χ0) is 20.8. The summed E-state index contributed by atoms with van der Waals surface area (Å²) in [6.45, 7) is 2.94. The lowest BCUT2D eigenvalue weighted by molar-refractivity contribution is -0.122. The second kappa shape index (κ2) is 10.2. The molecule has 2 aromatic rings. The number of amides is 2. The fraction of sp³-hybridized carbons (Fsp3) is 0.273. The Hall–Kier alpha value is -1.95. The molecular formula is C22H21Cl2NO3S. The van der Waals surface area contributed by atoms with Crippen LogP contribution in [0.4, 0.5) is 4.79 Å². The van der Waals surface area contributed by atoms with E-state index in [1.54, 1.807) is 18.2 Å². The molecule has 1 heterocycles. The molecule has 2 aromatic carbocycles. The first-order chi connectivity index (χ1) is 14.0. The minimum atomic E-state index is -0.212. The Labute approximate surface area is 184 Å². The van der Waals surface area contributed by atoms with Gasteiger partial charge in [0, 0.05) is 6.54 Å². The highest BCUT2D eigenvalue weighted by molar-refractivity contribution is 8.18. The molecule has 0 aliphatic carbocycles. The van der Waals surface area contributed by atoms with Crippen molar-refractivity contribution in [2.45, 2.75) is 32.8 Å². The zero-order valence-electron chi connectivity index (χ0n) is 16.0. The average molecular weight is 450 g/mol. The van der Waals surface area contributed by atoms with Gasteiger partial charge in [0.05, 0.1) is 15.0 Å². The third-order valence-corrected chi connectivity index (χ3v) is 6.07. The molecule has 1 aliphatic rings. The van der Waals surface area contributed by atoms with E-state index in [1.807, 2.05) is 30.3 Å². The predicted octanol–water partition coefficient (Wildman–Crippen LogP) is 6.80. The Morgan fingerprint density at radius 1 is 1.03 bits per heavy atom. The van der Waals surface area contributed by atoms with Crippen molar-refractivity contribution in [3.63, 3.8) is 0 Å². The fourth-order valence-corrected chi connectivity index (χ4v) is 4.01. The third-order valence-electron chi connectivity index (χ3n) is 4.43. The molecule has 0 saturated carbocycles. The van der Waals surface area contributed by atoms with Crippen molar-refractivity contribution in [3.05, 3.63) is 68.5 Å². The molecule has 1 saturated heterocycles. The Bertz CT molecular complexity index is 928. The number of imide groups is 1. The fourth-order valence-electron chi connectivity index (χ4n) is 2.82. The molecule has 29 heavy (non-hydrogen) atoms. The quantitative estimate of drug-likeness (QED) is 0.328. The largest absolute Gasteiger partial charge is 0.489 e. The van der Waals surface area contributed by atoms with Gasteiger partial charge in [0.15, 0.2) is 0 Å². The standard InChI is InChI=1S/C22H21Cl2NO3S/c1-2-3-4-11-25-21(26)20(29-22(25)27)13-15-5-8-17(9-6-15)28-14-16-7-10-18(23)19(24)12-16/h5-10,12-13H,2-4,11,14H2,1H3/b20-13-. The van der Waals surface area contributed by atoms with Gasteiger partial charge in [-0.1, -0.05) is 61.2 Å². The van der Waals surface area contributed by atoms with Gasteiger partial charge in [-0.25, -0.2) is 0 Å². The molecule has 4 nitrogen and oxygen atoms in total. The number of ether oxygens (including phenoxy) is 1. The molecule has 1 aliphatic heterocycles. The normalized spacial score (nSPS) is 15.4. The van der Waals surface area contributed by atoms with E-state index >= 15 is 0 Å². The SMILES string of the molecule is CCCCCN1C(=O)S/C(=C\c2ccc(OCc3ccc(Cl)c(Cl)c3)cc2)C1=O. The highest BCUT2D eigenvalue weighted by atomic mass is 35.5. The third kappa shape index (κ3) is 5.78. The van der Waals surface area contributed by atoms with Gasteiger partial charge in [-0.3, -0.25) is 14.5 Å². The average Bonchev–Trinajstić information content (AvgIpc) is 2.97. The first-order valence-corrected chi connectivity index (χ1v) is 11.0. The van der Waals surface area contributed by atoms with E-state index in [1.165, 1.54) is 4.90 Å². The van der Waals surface area contributed by atoms with Crippen molar-refractivity contribution < 1.29 is 14.3 Å². The van der Waals surface area contributed by atoms with E-state index in [2.05, 4.69) is 6.92 Å². The molecule has 7 heteroatoms. The number of unbranched alkanes of at least 4 members (excludes halogenated alkanes) is 2. The number of benzene rings is 2. The molecule has 0 N–H and O–H groups in total. The second-order valence-electron chi connectivity index (χ2n) is 6.65. The Morgan fingerprint density at radius 3 is 2.48 bits per heavy atom. The maximum absolute atomic E-state index is 12.5. The van der Waals surface area contributed by atoms with Crippen molar-refractivity contribution in [2.24, 2.45) is 0 Å². The molecule has 0 atom stereocenters. The molecule has 3 rings (SSSR count). The van der Waals surface area contributed by atoms with Crippen LogP contribution in [-0.4, -0.2) is 22.6 Å². The van der Waals surface area contributed by atoms with Crippen LogP contribution in [-0.2, 0) is 11.4 Å². The van der Waals surface area contributed by atoms with Crippen LogP contribution in [0.25, 0.3) is 6.08 Å². The van der Waals surface area contributed by atoms with Crippen LogP contribution in [0.5, 0.6) is 5.75 Å². The molecule has 0 radical (unpaired) electrons. The lowest BCUT2D eigenvalue weighted by Gasteiger charge is -2.11. The van der Waals surface area contributed by atoms with Crippen LogP contribution in [0, 0.1) is 0 Å². The number of hydrogen-bond acceptors (Lipinski definition) is 4. The molecule has 152 valence electrons. The van der Waals surface area contributed by atoms with E-state index in [0.717, 1.165) is 42.2 Å². The van der Waals surface area contributed by atoms with Crippen molar-refractivity contribution in [3.8, 4) is 5.75 Å². The van der Waals surface area contributed by atoms with Crippen molar-refractivity contribution in [1.29, 1.82) is 0 Å². The van der Waals surface area contributed by atoms with E-state index in [4.69, 9.17) is 27.9 Å². The zero-order valence-corrected chi connectivity index (χ0v) is 18.3. The predicted molar refractivity (Wildman–Crippen MR) is 119 cm³/mol. The Morgan fingerprint density at radius 2 is 1.79 bits per heavy atom. The first kappa shape index (κ1) is 21.8. The highest BCUT2D eigenvalue weighted by Gasteiger charge is 2.34. The Kier molecular flexibility index (Phi) is 7.64. The summed E-state index contributed by atoms with van der Waals surface area (Å²) in [5, 5.41) is 0.806. The van der Waals surface area contributed by atoms with Crippen LogP contribution in [0.1, 0.15) is 37.3 Å². The first-order valence-electron chi connectivity index (χ1n) is 9.40. The maximum Gasteiger partial charge on any atom is 0.293 e. The minimum Gasteiger partial charge on any atom is -0.489 e. The second-order valence-corrected chi connectivity index (χ2v) is 8.45. The van der Waals surface area contributed by atoms with Gasteiger partial charge in [0.25, 0.3) is 11.1 Å². The summed E-state index contributed by atoms with van der Waals surface area (Å²) in [4.78, 5) is 26.3. The summed E-state index contributed by atoms with van der Waals surface area (Å²) >= 11 is 12.9. The molecular weight excluding hydrogens is 429 g/mol. The number of rotatable bonds is 8. The van der Waals surface area contributed by atoms with Crippen LogP contribution in [0.15, 0.2) is 47.4 Å². The lowest BCUT2D eigenvalue weighted by atomic mass is 10.2. The van der Waals surface area contributed by atoms with Crippen molar-refractivity contribution in [1.82, 2.24) is 4.90 Å². The minimum absolute atomic E-state index is 0.195. The molecule has 1 fully saturated rings. The number of thioether (sulfide) groups is 1. The number of carbonyl (C=O) groups excluding carboxylic acids is 2. The van der Waals surface area contributed by atoms with E-state index in [-0.39, 0.29) is 11.1 Å². The van der Waals surface area contributed by atoms with E-state index in [9.17, 15) is 9.59 Å². The van der Waals surface area contributed by atoms with Crippen molar-refractivity contribution in [2.75, 3.05) is 6.54 Å². The summed E-state index contributed by atoms with van der Waals surface area (Å²) in [6, 6.07) is 12.7. The van der Waals surface area contributed by atoms with Crippen molar-refractivity contribution >= 4 is 52.2 Å². The smallest absolute Gasteiger partial charge is 0.293 e. The van der Waals surface area contributed by atoms with Gasteiger partial charge >= 0.3 is 0 Å². The number of nitrogens with zero attached hydrogens (tertiary/aromatic N) is 1. The van der Waals surface area contributed by atoms with Crippen LogP contribution in [0.3, 0.4) is 0 Å². The van der Waals surface area contributed by atoms with Gasteiger partial charge in [0.1, 0.15) is 12.4 Å². The van der Waals surface area contributed by atoms with Gasteiger partial charge < -0.3 is 4.74 Å². The summed E-state index contributed by atoms with van der Waals surface area (Å²) in [6.07, 6.45) is 4.64. The number of halogens is 2. The maximum atomic E-state index is 12.5. The van der Waals surface area contributed by atoms with E-state index in [0.29, 0.717) is 33.9 Å². The molecule has 0 aromatic heterocycles. The summed E-state index contributed by atoms with van der Waals surface area (Å²) in [5.41, 5.74) is 1.76. The van der Waals surface area contributed by atoms with Crippen LogP contribution < -0.4 is 4.74 Å². The van der Waals surface area contributed by atoms with E-state index < -0.39 is 0 Å². The van der Waals surface area contributed by atoms with Gasteiger partial charge in [-0.2, -0.15) is 0 Å². The van der Waals surface area contributed by atoms with Gasteiger partial charge in [0.2, 0.25) is 0 Å². The lowest BCUT2D eigenvalue weighted by Crippen LogP contribution is -2.29. The highest BCUT2D eigenvalue weighted by Crippen LogP contribution is 2.32. The molecule has 0 unspecified atom stereocenters. The number of carbonyl (C=O) groups is 2. The van der Waals surface area contributed by atoms with Gasteiger partial charge in [-0.05, 0) is 59.7 Å². The molecule has 0 spiro atoms. The van der Waals surface area contributed by atoms with Crippen LogP contribution in [0.2, 0.25) is 10.0 Å². The van der Waals surface area contributed by atoms with Gasteiger partial charge in [-0.15, -0.1) is 0 Å². The topological polar surface area (TPSA) is 46.6 Å². The number of hydrogen-bond donors (Lipinski definition) is 0. The molecule has 2 amide bonds.